The van der Waals surface area contributed by atoms with Crippen molar-refractivity contribution in [1.82, 2.24) is 9.13 Å². The Balaban J connectivity index is 2.30. The van der Waals surface area contributed by atoms with Gasteiger partial charge in [0.05, 0.1) is 28.8 Å². The highest BCUT2D eigenvalue weighted by molar-refractivity contribution is 9.09. The summed E-state index contributed by atoms with van der Waals surface area (Å²) < 4.78 is 7.77. The molecule has 0 saturated heterocycles. The number of carbonyl (C=O) groups excluding carboxylic acids is 1. The van der Waals surface area contributed by atoms with Crippen LogP contribution in [0.3, 0.4) is 0 Å². The normalized spacial score (nSPS) is 10.9. The third kappa shape index (κ3) is 3.80. The van der Waals surface area contributed by atoms with Crippen LogP contribution in [0.2, 0.25) is 0 Å². The predicted molar refractivity (Wildman–Crippen MR) is 113 cm³/mol. The van der Waals surface area contributed by atoms with Gasteiger partial charge in [-0.3, -0.25) is 9.36 Å². The van der Waals surface area contributed by atoms with E-state index in [0.29, 0.717) is 17.4 Å². The van der Waals surface area contributed by atoms with Gasteiger partial charge < -0.3 is 4.74 Å². The zero-order chi connectivity index (χ0) is 20.1. The first-order chi connectivity index (χ1) is 13.6. The van der Waals surface area contributed by atoms with E-state index in [1.807, 2.05) is 0 Å². The lowest BCUT2D eigenvalue weighted by Crippen LogP contribution is -2.39. The molecular formula is C21H21BrN2O4. The number of carbonyl (C=O) groups is 1. The van der Waals surface area contributed by atoms with E-state index in [0.717, 1.165) is 22.7 Å². The number of unbranched alkanes of at least 4 members (excludes halogenated alkanes) is 1. The quantitative estimate of drug-likeness (QED) is 0.317. The molecule has 0 amide bonds. The van der Waals surface area contributed by atoms with Crippen LogP contribution in [0.5, 0.6) is 0 Å². The SMILES string of the molecule is CCOC(=O)c1ccccc1-n1c(=O)c2ccccc2n(CCCCBr)c1=O. The van der Waals surface area contributed by atoms with E-state index in [2.05, 4.69) is 15.9 Å². The number of rotatable bonds is 7. The lowest BCUT2D eigenvalue weighted by Gasteiger charge is -2.15. The molecule has 0 spiro atoms. The van der Waals surface area contributed by atoms with E-state index >= 15 is 0 Å². The number of aromatic nitrogens is 2. The lowest BCUT2D eigenvalue weighted by molar-refractivity contribution is 0.0526. The molecule has 1 aromatic heterocycles. The number of hydrogen-bond acceptors (Lipinski definition) is 4. The fourth-order valence-electron chi connectivity index (χ4n) is 3.16. The summed E-state index contributed by atoms with van der Waals surface area (Å²) in [5, 5.41) is 1.27. The fraction of sp³-hybridized carbons (Fsp3) is 0.286. The van der Waals surface area contributed by atoms with Crippen LogP contribution in [-0.2, 0) is 11.3 Å². The molecule has 146 valence electrons. The summed E-state index contributed by atoms with van der Waals surface area (Å²) in [7, 11) is 0. The Hall–Kier alpha value is -2.67. The van der Waals surface area contributed by atoms with Gasteiger partial charge in [-0.1, -0.05) is 40.2 Å². The van der Waals surface area contributed by atoms with Crippen LogP contribution in [0.15, 0.2) is 58.1 Å². The van der Waals surface area contributed by atoms with Crippen LogP contribution in [0.1, 0.15) is 30.1 Å². The van der Waals surface area contributed by atoms with Crippen LogP contribution < -0.4 is 11.2 Å². The Bertz CT molecular complexity index is 1120. The highest BCUT2D eigenvalue weighted by atomic mass is 79.9. The van der Waals surface area contributed by atoms with Gasteiger partial charge in [-0.05, 0) is 44.0 Å². The van der Waals surface area contributed by atoms with Crippen molar-refractivity contribution in [2.75, 3.05) is 11.9 Å². The van der Waals surface area contributed by atoms with Gasteiger partial charge in [-0.15, -0.1) is 0 Å². The number of fused-ring (bicyclic) bond motifs is 1. The largest absolute Gasteiger partial charge is 0.462 e. The van der Waals surface area contributed by atoms with Crippen molar-refractivity contribution in [3.8, 4) is 5.69 Å². The summed E-state index contributed by atoms with van der Waals surface area (Å²) in [6.07, 6.45) is 1.69. The van der Waals surface area contributed by atoms with Crippen molar-refractivity contribution in [2.45, 2.75) is 26.3 Å². The van der Waals surface area contributed by atoms with Crippen LogP contribution in [0.4, 0.5) is 0 Å². The third-order valence-corrected chi connectivity index (χ3v) is 5.02. The molecule has 3 aromatic rings. The topological polar surface area (TPSA) is 70.3 Å². The van der Waals surface area contributed by atoms with E-state index in [1.54, 1.807) is 60.0 Å². The highest BCUT2D eigenvalue weighted by Crippen LogP contribution is 2.15. The van der Waals surface area contributed by atoms with Crippen molar-refractivity contribution >= 4 is 32.8 Å². The number of aryl methyl sites for hydroxylation is 1. The maximum absolute atomic E-state index is 13.3. The minimum atomic E-state index is -0.566. The average molecular weight is 445 g/mol. The second-order valence-electron chi connectivity index (χ2n) is 6.23. The van der Waals surface area contributed by atoms with Gasteiger partial charge in [0.1, 0.15) is 0 Å². The Kier molecular flexibility index (Phi) is 6.46. The summed E-state index contributed by atoms with van der Waals surface area (Å²) >= 11 is 3.40. The molecule has 0 saturated carbocycles. The molecule has 0 aliphatic heterocycles. The van der Waals surface area contributed by atoms with Crippen LogP contribution in [0.25, 0.3) is 16.6 Å². The Morgan fingerprint density at radius 2 is 1.75 bits per heavy atom. The highest BCUT2D eigenvalue weighted by Gasteiger charge is 2.19. The molecule has 6 nitrogen and oxygen atoms in total. The van der Waals surface area contributed by atoms with Gasteiger partial charge in [0.25, 0.3) is 5.56 Å². The van der Waals surface area contributed by atoms with E-state index in [9.17, 15) is 14.4 Å². The Labute approximate surface area is 170 Å². The molecule has 1 heterocycles. The van der Waals surface area contributed by atoms with Crippen molar-refractivity contribution in [2.24, 2.45) is 0 Å². The van der Waals surface area contributed by atoms with Gasteiger partial charge in [-0.2, -0.15) is 0 Å². The van der Waals surface area contributed by atoms with Crippen molar-refractivity contribution in [3.63, 3.8) is 0 Å². The van der Waals surface area contributed by atoms with E-state index in [-0.39, 0.29) is 17.9 Å². The molecule has 0 unspecified atom stereocenters. The van der Waals surface area contributed by atoms with Gasteiger partial charge in [0, 0.05) is 11.9 Å². The number of nitrogens with zero attached hydrogens (tertiary/aromatic N) is 2. The number of halogens is 1. The summed E-state index contributed by atoms with van der Waals surface area (Å²) in [6, 6.07) is 13.5. The first-order valence-electron chi connectivity index (χ1n) is 9.17. The Morgan fingerprint density at radius 1 is 1.04 bits per heavy atom. The molecule has 0 atom stereocenters. The van der Waals surface area contributed by atoms with Gasteiger partial charge in [0.15, 0.2) is 0 Å². The summed E-state index contributed by atoms with van der Waals surface area (Å²) in [5.41, 5.74) is 0.0998. The minimum absolute atomic E-state index is 0.186. The van der Waals surface area contributed by atoms with E-state index in [1.165, 1.54) is 0 Å². The second kappa shape index (κ2) is 9.01. The average Bonchev–Trinajstić information content (AvgIpc) is 2.71. The predicted octanol–water partition coefficient (Wildman–Crippen LogP) is 3.50. The molecule has 7 heteroatoms. The zero-order valence-electron chi connectivity index (χ0n) is 15.6. The standard InChI is InChI=1S/C21H21BrN2O4/c1-2-28-20(26)16-10-4-6-12-18(16)24-19(25)15-9-3-5-11-17(15)23(21(24)27)14-8-7-13-22/h3-6,9-12H,2,7-8,13-14H2,1H3. The number of hydrogen-bond donors (Lipinski definition) is 0. The molecule has 0 N–H and O–H groups in total. The van der Waals surface area contributed by atoms with Crippen molar-refractivity contribution in [1.29, 1.82) is 0 Å². The van der Waals surface area contributed by atoms with E-state index in [4.69, 9.17) is 4.74 Å². The van der Waals surface area contributed by atoms with Crippen LogP contribution in [-0.4, -0.2) is 27.0 Å². The molecular weight excluding hydrogens is 424 g/mol. The molecule has 2 aromatic carbocycles. The monoisotopic (exact) mass is 444 g/mol. The maximum atomic E-state index is 13.3. The number of alkyl halides is 1. The number of ether oxygens (including phenoxy) is 1. The molecule has 28 heavy (non-hydrogen) atoms. The summed E-state index contributed by atoms with van der Waals surface area (Å²) in [6.45, 7) is 2.39. The zero-order valence-corrected chi connectivity index (χ0v) is 17.1. The van der Waals surface area contributed by atoms with Crippen molar-refractivity contribution in [3.05, 3.63) is 74.9 Å². The van der Waals surface area contributed by atoms with Crippen LogP contribution >= 0.6 is 15.9 Å². The lowest BCUT2D eigenvalue weighted by atomic mass is 10.1. The van der Waals surface area contributed by atoms with Gasteiger partial charge in [-0.25, -0.2) is 14.2 Å². The first kappa shape index (κ1) is 20.1. The minimum Gasteiger partial charge on any atom is -0.462 e. The molecule has 0 aliphatic rings. The number of para-hydroxylation sites is 2. The van der Waals surface area contributed by atoms with E-state index < -0.39 is 17.2 Å². The van der Waals surface area contributed by atoms with Crippen LogP contribution in [0, 0.1) is 0 Å². The first-order valence-corrected chi connectivity index (χ1v) is 10.3. The van der Waals surface area contributed by atoms with Gasteiger partial charge >= 0.3 is 11.7 Å². The molecule has 0 aliphatic carbocycles. The third-order valence-electron chi connectivity index (χ3n) is 4.46. The molecule has 3 rings (SSSR count). The van der Waals surface area contributed by atoms with Gasteiger partial charge in [0.2, 0.25) is 0 Å². The number of esters is 1. The maximum Gasteiger partial charge on any atom is 0.340 e. The summed E-state index contributed by atoms with van der Waals surface area (Å²) in [5.74, 6) is -0.566. The Morgan fingerprint density at radius 3 is 2.50 bits per heavy atom. The molecule has 0 fully saturated rings. The summed E-state index contributed by atoms with van der Waals surface area (Å²) in [4.78, 5) is 38.8. The molecule has 0 radical (unpaired) electrons. The smallest absolute Gasteiger partial charge is 0.340 e. The fourth-order valence-corrected chi connectivity index (χ4v) is 3.56. The molecule has 0 bridgehead atoms. The second-order valence-corrected chi connectivity index (χ2v) is 7.02. The number of benzene rings is 2. The van der Waals surface area contributed by atoms with Crippen molar-refractivity contribution < 1.29 is 9.53 Å².